The van der Waals surface area contributed by atoms with E-state index in [-0.39, 0.29) is 28.8 Å². The molecular weight excluding hydrogens is 421 g/mol. The number of ether oxygens (including phenoxy) is 1. The SMILES string of the molecule is CC(=O)N1CCc2ccccc2C1CC(=O)Nc1cc(Cl)ccc1OCC(F)(F)F. The van der Waals surface area contributed by atoms with E-state index in [1.807, 2.05) is 24.3 Å². The molecule has 30 heavy (non-hydrogen) atoms. The Balaban J connectivity index is 1.79. The standard InChI is InChI=1S/C21H20ClF3N2O3/c1-13(28)27-9-8-14-4-2-3-5-16(14)18(27)11-20(29)26-17-10-15(22)6-7-19(17)30-12-21(23,24)25/h2-7,10,18H,8-9,11-12H2,1H3,(H,26,29). The first-order valence-corrected chi connectivity index (χ1v) is 9.66. The molecule has 0 fully saturated rings. The summed E-state index contributed by atoms with van der Waals surface area (Å²) in [6.07, 6.45) is -3.88. The monoisotopic (exact) mass is 440 g/mol. The molecule has 1 N–H and O–H groups in total. The van der Waals surface area contributed by atoms with Gasteiger partial charge in [-0.25, -0.2) is 0 Å². The van der Waals surface area contributed by atoms with Crippen LogP contribution >= 0.6 is 11.6 Å². The fraction of sp³-hybridized carbons (Fsp3) is 0.333. The molecule has 2 amide bonds. The minimum Gasteiger partial charge on any atom is -0.482 e. The maximum atomic E-state index is 12.8. The first-order chi connectivity index (χ1) is 14.1. The van der Waals surface area contributed by atoms with Crippen molar-refractivity contribution in [3.63, 3.8) is 0 Å². The molecule has 1 atom stereocenters. The van der Waals surface area contributed by atoms with Crippen LogP contribution in [0, 0.1) is 0 Å². The molecule has 5 nitrogen and oxygen atoms in total. The van der Waals surface area contributed by atoms with Gasteiger partial charge in [0.2, 0.25) is 11.8 Å². The van der Waals surface area contributed by atoms with E-state index >= 15 is 0 Å². The van der Waals surface area contributed by atoms with E-state index in [1.165, 1.54) is 25.1 Å². The smallest absolute Gasteiger partial charge is 0.422 e. The first-order valence-electron chi connectivity index (χ1n) is 9.28. The topological polar surface area (TPSA) is 58.6 Å². The van der Waals surface area contributed by atoms with Crippen LogP contribution in [0.25, 0.3) is 0 Å². The van der Waals surface area contributed by atoms with Crippen molar-refractivity contribution in [3.05, 3.63) is 58.6 Å². The predicted octanol–water partition coefficient (Wildman–Crippen LogP) is 4.76. The Bertz CT molecular complexity index is 949. The average Bonchev–Trinajstić information content (AvgIpc) is 2.66. The van der Waals surface area contributed by atoms with Crippen molar-refractivity contribution >= 4 is 29.1 Å². The van der Waals surface area contributed by atoms with Crippen LogP contribution in [0.15, 0.2) is 42.5 Å². The van der Waals surface area contributed by atoms with E-state index < -0.39 is 24.7 Å². The van der Waals surface area contributed by atoms with E-state index in [0.29, 0.717) is 13.0 Å². The number of rotatable bonds is 5. The summed E-state index contributed by atoms with van der Waals surface area (Å²) >= 11 is 5.93. The molecule has 1 aliphatic heterocycles. The largest absolute Gasteiger partial charge is 0.482 e. The highest BCUT2D eigenvalue weighted by molar-refractivity contribution is 6.31. The maximum Gasteiger partial charge on any atom is 0.422 e. The van der Waals surface area contributed by atoms with Crippen LogP contribution in [0.4, 0.5) is 18.9 Å². The van der Waals surface area contributed by atoms with Gasteiger partial charge in [0.1, 0.15) is 5.75 Å². The maximum absolute atomic E-state index is 12.8. The van der Waals surface area contributed by atoms with Crippen molar-refractivity contribution in [3.8, 4) is 5.75 Å². The zero-order chi connectivity index (χ0) is 21.9. The third-order valence-electron chi connectivity index (χ3n) is 4.80. The van der Waals surface area contributed by atoms with Gasteiger partial charge in [-0.1, -0.05) is 35.9 Å². The Kier molecular flexibility index (Phi) is 6.55. The number of hydrogen-bond donors (Lipinski definition) is 1. The second-order valence-electron chi connectivity index (χ2n) is 6.97. The van der Waals surface area contributed by atoms with Gasteiger partial charge in [-0.2, -0.15) is 13.2 Å². The highest BCUT2D eigenvalue weighted by atomic mass is 35.5. The van der Waals surface area contributed by atoms with Gasteiger partial charge in [-0.05, 0) is 35.7 Å². The molecule has 1 aliphatic rings. The Morgan fingerprint density at radius 2 is 1.97 bits per heavy atom. The van der Waals surface area contributed by atoms with Crippen molar-refractivity contribution in [2.75, 3.05) is 18.5 Å². The molecule has 2 aromatic carbocycles. The summed E-state index contributed by atoms with van der Waals surface area (Å²) in [5.41, 5.74) is 1.98. The summed E-state index contributed by atoms with van der Waals surface area (Å²) in [4.78, 5) is 26.5. The highest BCUT2D eigenvalue weighted by Gasteiger charge is 2.31. The molecule has 0 radical (unpaired) electrons. The molecule has 0 aromatic heterocycles. The van der Waals surface area contributed by atoms with Crippen LogP contribution in [0.5, 0.6) is 5.75 Å². The van der Waals surface area contributed by atoms with E-state index in [9.17, 15) is 22.8 Å². The molecular formula is C21H20ClF3N2O3. The Morgan fingerprint density at radius 3 is 2.67 bits per heavy atom. The average molecular weight is 441 g/mol. The van der Waals surface area contributed by atoms with Crippen molar-refractivity contribution < 1.29 is 27.5 Å². The zero-order valence-corrected chi connectivity index (χ0v) is 16.9. The van der Waals surface area contributed by atoms with Gasteiger partial charge < -0.3 is 15.0 Å². The lowest BCUT2D eigenvalue weighted by Crippen LogP contribution is -2.40. The lowest BCUT2D eigenvalue weighted by molar-refractivity contribution is -0.153. The normalized spacial score (nSPS) is 16.0. The number of halogens is 4. The lowest BCUT2D eigenvalue weighted by Gasteiger charge is -2.36. The van der Waals surface area contributed by atoms with Gasteiger partial charge in [0.25, 0.3) is 0 Å². The summed E-state index contributed by atoms with van der Waals surface area (Å²) in [5, 5.41) is 2.81. The molecule has 9 heteroatoms. The Morgan fingerprint density at radius 1 is 1.23 bits per heavy atom. The number of hydrogen-bond acceptors (Lipinski definition) is 3. The number of nitrogens with one attached hydrogen (secondary N) is 1. The van der Waals surface area contributed by atoms with Crippen molar-refractivity contribution in [1.82, 2.24) is 4.90 Å². The number of carbonyl (C=O) groups is 2. The van der Waals surface area contributed by atoms with E-state index in [1.54, 1.807) is 4.90 Å². The molecule has 160 valence electrons. The van der Waals surface area contributed by atoms with E-state index in [0.717, 1.165) is 11.1 Å². The van der Waals surface area contributed by atoms with Gasteiger partial charge >= 0.3 is 6.18 Å². The van der Waals surface area contributed by atoms with Gasteiger partial charge in [0, 0.05) is 18.5 Å². The number of alkyl halides is 3. The Hall–Kier alpha value is -2.74. The van der Waals surface area contributed by atoms with Crippen LogP contribution in [0.3, 0.4) is 0 Å². The number of carbonyl (C=O) groups excluding carboxylic acids is 2. The fourth-order valence-electron chi connectivity index (χ4n) is 3.51. The lowest BCUT2D eigenvalue weighted by atomic mass is 9.90. The van der Waals surface area contributed by atoms with Crippen molar-refractivity contribution in [2.24, 2.45) is 0 Å². The number of nitrogens with zero attached hydrogens (tertiary/aromatic N) is 1. The third-order valence-corrected chi connectivity index (χ3v) is 5.04. The summed E-state index contributed by atoms with van der Waals surface area (Å²) in [6.45, 7) is 0.436. The fourth-order valence-corrected chi connectivity index (χ4v) is 3.68. The second kappa shape index (κ2) is 8.95. The zero-order valence-electron chi connectivity index (χ0n) is 16.1. The highest BCUT2D eigenvalue weighted by Crippen LogP contribution is 2.34. The predicted molar refractivity (Wildman–Crippen MR) is 107 cm³/mol. The number of benzene rings is 2. The molecule has 0 spiro atoms. The molecule has 1 unspecified atom stereocenters. The number of amides is 2. The summed E-state index contributed by atoms with van der Waals surface area (Å²) in [5.74, 6) is -0.765. The van der Waals surface area contributed by atoms with Gasteiger partial charge in [-0.3, -0.25) is 9.59 Å². The van der Waals surface area contributed by atoms with Crippen LogP contribution in [0.1, 0.15) is 30.5 Å². The minimum absolute atomic E-state index is 0.0372. The second-order valence-corrected chi connectivity index (χ2v) is 7.41. The molecule has 0 aliphatic carbocycles. The summed E-state index contributed by atoms with van der Waals surface area (Å²) < 4.78 is 42.3. The number of anilines is 1. The van der Waals surface area contributed by atoms with Crippen LogP contribution in [-0.4, -0.2) is 36.0 Å². The Labute approximate surface area is 176 Å². The van der Waals surface area contributed by atoms with Gasteiger partial charge in [0.05, 0.1) is 18.2 Å². The summed E-state index contributed by atoms with van der Waals surface area (Å²) in [6, 6.07) is 11.1. The molecule has 0 saturated heterocycles. The van der Waals surface area contributed by atoms with Crippen molar-refractivity contribution in [2.45, 2.75) is 32.0 Å². The first kappa shape index (κ1) is 22.0. The van der Waals surface area contributed by atoms with Gasteiger partial charge in [-0.15, -0.1) is 0 Å². The third kappa shape index (κ3) is 5.44. The van der Waals surface area contributed by atoms with E-state index in [2.05, 4.69) is 5.32 Å². The molecule has 2 aromatic rings. The molecule has 0 saturated carbocycles. The molecule has 3 rings (SSSR count). The molecule has 0 bridgehead atoms. The number of fused-ring (bicyclic) bond motifs is 1. The molecule has 1 heterocycles. The summed E-state index contributed by atoms with van der Waals surface area (Å²) in [7, 11) is 0. The van der Waals surface area contributed by atoms with Gasteiger partial charge in [0.15, 0.2) is 6.61 Å². The van der Waals surface area contributed by atoms with E-state index in [4.69, 9.17) is 16.3 Å². The quantitative estimate of drug-likeness (QED) is 0.729. The van der Waals surface area contributed by atoms with Crippen LogP contribution in [-0.2, 0) is 16.0 Å². The van der Waals surface area contributed by atoms with Crippen LogP contribution in [0.2, 0.25) is 5.02 Å². The van der Waals surface area contributed by atoms with Crippen molar-refractivity contribution in [1.29, 1.82) is 0 Å². The minimum atomic E-state index is -4.52. The van der Waals surface area contributed by atoms with Crippen LogP contribution < -0.4 is 10.1 Å².